The first-order valence-electron chi connectivity index (χ1n) is 9.89. The molecule has 28 heavy (non-hydrogen) atoms. The van der Waals surface area contributed by atoms with E-state index in [1.54, 1.807) is 12.1 Å². The number of carbonyl (C=O) groups is 1. The summed E-state index contributed by atoms with van der Waals surface area (Å²) in [4.78, 5) is 11.7. The van der Waals surface area contributed by atoms with Crippen LogP contribution in [-0.2, 0) is 34.0 Å². The number of benzene rings is 1. The third-order valence-electron chi connectivity index (χ3n) is 5.59. The largest absolute Gasteiger partial charge is 0.462 e. The number of aromatic nitrogens is 1. The minimum absolute atomic E-state index is 0.0731. The molecule has 0 aliphatic carbocycles. The van der Waals surface area contributed by atoms with Gasteiger partial charge in [0.25, 0.3) is 0 Å². The fraction of sp³-hybridized carbons (Fsp3) is 0.500. The number of carbonyl (C=O) groups excluding carboxylic acids is 1. The lowest BCUT2D eigenvalue weighted by atomic mass is 10.0. The van der Waals surface area contributed by atoms with Crippen molar-refractivity contribution in [1.29, 1.82) is 0 Å². The van der Waals surface area contributed by atoms with Crippen LogP contribution in [-0.4, -0.2) is 27.9 Å². The second-order valence-corrected chi connectivity index (χ2v) is 7.99. The molecule has 0 spiro atoms. The molecule has 0 saturated carbocycles. The molecule has 0 amide bonds. The summed E-state index contributed by atoms with van der Waals surface area (Å²) in [6.45, 7) is 6.11. The molecule has 0 bridgehead atoms. The second-order valence-electron chi connectivity index (χ2n) is 7.99. The number of ether oxygens (including phenoxy) is 2. The molecule has 1 aromatic carbocycles. The van der Waals surface area contributed by atoms with Crippen molar-refractivity contribution in [3.05, 3.63) is 46.9 Å². The summed E-state index contributed by atoms with van der Waals surface area (Å²) in [7, 11) is 0. The number of hydrogen-bond acceptors (Lipinski definition) is 4. The number of esters is 1. The van der Waals surface area contributed by atoms with Gasteiger partial charge in [0.15, 0.2) is 0 Å². The Morgan fingerprint density at radius 2 is 1.93 bits per heavy atom. The monoisotopic (exact) mass is 387 g/mol. The van der Waals surface area contributed by atoms with Gasteiger partial charge in [-0.05, 0) is 35.7 Å². The standard InChI is InChI=1S/C22H26FNO4/c1-13(2)21-18-11-27-12-19(18)22(14-3-5-15(23)6-4-14)24(21)8-7-17-9-16(25)10-20(26)28-17/h3-6,13,16-17,25H,7-12H2,1-2H3/t16-,17-/m0/s1. The van der Waals surface area contributed by atoms with Crippen molar-refractivity contribution in [2.45, 2.75) is 71.0 Å². The Hall–Kier alpha value is -2.18. The molecule has 1 aromatic heterocycles. The van der Waals surface area contributed by atoms with E-state index in [9.17, 15) is 14.3 Å². The number of rotatable bonds is 5. The summed E-state index contributed by atoms with van der Waals surface area (Å²) >= 11 is 0. The van der Waals surface area contributed by atoms with Gasteiger partial charge in [-0.2, -0.15) is 0 Å². The normalized spacial score (nSPS) is 21.8. The number of aliphatic hydroxyl groups is 1. The zero-order valence-electron chi connectivity index (χ0n) is 16.3. The van der Waals surface area contributed by atoms with Crippen LogP contribution in [0.2, 0.25) is 0 Å². The molecule has 1 fully saturated rings. The summed E-state index contributed by atoms with van der Waals surface area (Å²) in [5.41, 5.74) is 5.61. The lowest BCUT2D eigenvalue weighted by Gasteiger charge is -2.27. The summed E-state index contributed by atoms with van der Waals surface area (Å²) in [6, 6.07) is 6.55. The van der Waals surface area contributed by atoms with Crippen molar-refractivity contribution in [1.82, 2.24) is 4.57 Å². The molecule has 150 valence electrons. The van der Waals surface area contributed by atoms with Crippen molar-refractivity contribution in [3.63, 3.8) is 0 Å². The highest BCUT2D eigenvalue weighted by Gasteiger charge is 2.31. The first kappa shape index (κ1) is 19.2. The molecule has 3 heterocycles. The van der Waals surface area contributed by atoms with E-state index in [-0.39, 0.29) is 24.3 Å². The Balaban J connectivity index is 1.70. The maximum Gasteiger partial charge on any atom is 0.308 e. The Morgan fingerprint density at radius 1 is 1.21 bits per heavy atom. The smallest absolute Gasteiger partial charge is 0.308 e. The molecule has 1 N–H and O–H groups in total. The van der Waals surface area contributed by atoms with Gasteiger partial charge in [0.2, 0.25) is 0 Å². The van der Waals surface area contributed by atoms with Crippen LogP contribution in [0.15, 0.2) is 24.3 Å². The molecule has 0 unspecified atom stereocenters. The highest BCUT2D eigenvalue weighted by molar-refractivity contribution is 5.71. The molecule has 2 aliphatic heterocycles. The van der Waals surface area contributed by atoms with Crippen molar-refractivity contribution in [2.75, 3.05) is 0 Å². The summed E-state index contributed by atoms with van der Waals surface area (Å²) < 4.78 is 26.9. The first-order chi connectivity index (χ1) is 13.4. The lowest BCUT2D eigenvalue weighted by Crippen LogP contribution is -2.33. The maximum absolute atomic E-state index is 13.5. The van der Waals surface area contributed by atoms with Crippen molar-refractivity contribution >= 4 is 5.97 Å². The summed E-state index contributed by atoms with van der Waals surface area (Å²) in [5.74, 6) is -0.305. The molecule has 2 atom stereocenters. The van der Waals surface area contributed by atoms with Gasteiger partial charge in [-0.3, -0.25) is 4.79 Å². The molecule has 4 rings (SSSR count). The minimum atomic E-state index is -0.629. The fourth-order valence-corrected chi connectivity index (χ4v) is 4.46. The van der Waals surface area contributed by atoms with Crippen LogP contribution in [0.4, 0.5) is 4.39 Å². The third-order valence-corrected chi connectivity index (χ3v) is 5.59. The van der Waals surface area contributed by atoms with E-state index < -0.39 is 6.10 Å². The molecule has 2 aliphatic rings. The number of hydrogen-bond donors (Lipinski definition) is 1. The molecule has 6 heteroatoms. The molecular formula is C22H26FNO4. The molecule has 2 aromatic rings. The molecule has 1 saturated heterocycles. The topological polar surface area (TPSA) is 60.7 Å². The predicted molar refractivity (Wildman–Crippen MR) is 102 cm³/mol. The van der Waals surface area contributed by atoms with E-state index in [1.165, 1.54) is 23.4 Å². The van der Waals surface area contributed by atoms with E-state index in [0.717, 1.165) is 16.8 Å². The average molecular weight is 387 g/mol. The highest BCUT2D eigenvalue weighted by atomic mass is 19.1. The van der Waals surface area contributed by atoms with Gasteiger partial charge < -0.3 is 19.1 Å². The highest BCUT2D eigenvalue weighted by Crippen LogP contribution is 2.40. The Kier molecular flexibility index (Phi) is 5.25. The Labute approximate surface area is 164 Å². The average Bonchev–Trinajstić information content (AvgIpc) is 3.19. The first-order valence-corrected chi connectivity index (χ1v) is 9.89. The van der Waals surface area contributed by atoms with Gasteiger partial charge in [-0.15, -0.1) is 0 Å². The predicted octanol–water partition coefficient (Wildman–Crippen LogP) is 3.90. The summed E-state index contributed by atoms with van der Waals surface area (Å²) in [6.07, 6.45) is 0.259. The Bertz CT molecular complexity index is 872. The molecule has 0 radical (unpaired) electrons. The van der Waals surface area contributed by atoms with Gasteiger partial charge >= 0.3 is 5.97 Å². The van der Waals surface area contributed by atoms with Crippen LogP contribution in [0.3, 0.4) is 0 Å². The van der Waals surface area contributed by atoms with E-state index in [4.69, 9.17) is 9.47 Å². The van der Waals surface area contributed by atoms with E-state index in [2.05, 4.69) is 18.4 Å². The molecular weight excluding hydrogens is 361 g/mol. The third kappa shape index (κ3) is 3.59. The van der Waals surface area contributed by atoms with Crippen molar-refractivity contribution in [3.8, 4) is 11.3 Å². The molecule has 5 nitrogen and oxygen atoms in total. The van der Waals surface area contributed by atoms with Gasteiger partial charge in [0, 0.05) is 36.2 Å². The number of fused-ring (bicyclic) bond motifs is 1. The zero-order chi connectivity index (χ0) is 19.8. The van der Waals surface area contributed by atoms with Gasteiger partial charge in [0.1, 0.15) is 11.9 Å². The summed E-state index contributed by atoms with van der Waals surface area (Å²) in [5, 5.41) is 9.88. The van der Waals surface area contributed by atoms with Crippen LogP contribution >= 0.6 is 0 Å². The number of halogens is 1. The van der Waals surface area contributed by atoms with E-state index in [0.29, 0.717) is 38.5 Å². The second kappa shape index (κ2) is 7.68. The van der Waals surface area contributed by atoms with Crippen LogP contribution in [0, 0.1) is 5.82 Å². The van der Waals surface area contributed by atoms with Crippen LogP contribution < -0.4 is 0 Å². The zero-order valence-corrected chi connectivity index (χ0v) is 16.3. The van der Waals surface area contributed by atoms with Crippen LogP contribution in [0.25, 0.3) is 11.3 Å². The quantitative estimate of drug-likeness (QED) is 0.791. The van der Waals surface area contributed by atoms with Crippen LogP contribution in [0.1, 0.15) is 55.8 Å². The van der Waals surface area contributed by atoms with Crippen LogP contribution in [0.5, 0.6) is 0 Å². The van der Waals surface area contributed by atoms with Gasteiger partial charge in [-0.1, -0.05) is 13.8 Å². The SMILES string of the molecule is CC(C)c1c2c(c(-c3ccc(F)cc3)n1CC[C@H]1C[C@H](O)CC(=O)O1)COC2. The van der Waals surface area contributed by atoms with Gasteiger partial charge in [-0.25, -0.2) is 4.39 Å². The van der Waals surface area contributed by atoms with Gasteiger partial charge in [0.05, 0.1) is 31.4 Å². The van der Waals surface area contributed by atoms with Crippen molar-refractivity contribution in [2.24, 2.45) is 0 Å². The maximum atomic E-state index is 13.5. The number of cyclic esters (lactones) is 1. The fourth-order valence-electron chi connectivity index (χ4n) is 4.46. The number of aliphatic hydroxyl groups excluding tert-OH is 1. The van der Waals surface area contributed by atoms with E-state index in [1.807, 2.05) is 0 Å². The number of nitrogens with zero attached hydrogens (tertiary/aromatic N) is 1. The minimum Gasteiger partial charge on any atom is -0.462 e. The Morgan fingerprint density at radius 3 is 2.61 bits per heavy atom. The van der Waals surface area contributed by atoms with E-state index >= 15 is 0 Å². The lowest BCUT2D eigenvalue weighted by molar-refractivity contribution is -0.160. The van der Waals surface area contributed by atoms with Crippen molar-refractivity contribution < 1.29 is 23.8 Å².